The predicted molar refractivity (Wildman–Crippen MR) is 80.0 cm³/mol. The molecule has 1 aliphatic heterocycles. The summed E-state index contributed by atoms with van der Waals surface area (Å²) >= 11 is 0. The Morgan fingerprint density at radius 1 is 1.30 bits per heavy atom. The van der Waals surface area contributed by atoms with Gasteiger partial charge in [-0.25, -0.2) is 4.79 Å². The fourth-order valence-corrected chi connectivity index (χ4v) is 3.00. The third-order valence-corrected chi connectivity index (χ3v) is 4.18. The third-order valence-electron chi connectivity index (χ3n) is 4.18. The van der Waals surface area contributed by atoms with Crippen LogP contribution in [0, 0.1) is 0 Å². The molecule has 0 radical (unpaired) electrons. The average molecular weight is 276 g/mol. The van der Waals surface area contributed by atoms with Crippen LogP contribution in [0.15, 0.2) is 24.3 Å². The number of likely N-dealkylation sites (tertiary alicyclic amines) is 1. The molecule has 1 atom stereocenters. The zero-order valence-corrected chi connectivity index (χ0v) is 12.4. The van der Waals surface area contributed by atoms with Gasteiger partial charge in [0, 0.05) is 25.7 Å². The number of rotatable bonds is 6. The Bertz CT molecular complexity index is 440. The molecule has 0 amide bonds. The average Bonchev–Trinajstić information content (AvgIpc) is 2.89. The number of carboxylic acids is 1. The number of hydrogen-bond acceptors (Lipinski definition) is 3. The normalized spacial score (nSPS) is 19.6. The quantitative estimate of drug-likeness (QED) is 0.866. The highest BCUT2D eigenvalue weighted by Gasteiger charge is 2.25. The molecular weight excluding hydrogens is 252 g/mol. The lowest BCUT2D eigenvalue weighted by molar-refractivity contribution is 0.0697. The van der Waals surface area contributed by atoms with Gasteiger partial charge >= 0.3 is 5.97 Å². The van der Waals surface area contributed by atoms with Gasteiger partial charge in [0.1, 0.15) is 0 Å². The van der Waals surface area contributed by atoms with E-state index in [0.717, 1.165) is 32.7 Å². The second kappa shape index (κ2) is 6.86. The summed E-state index contributed by atoms with van der Waals surface area (Å²) in [5.41, 5.74) is 1.55. The van der Waals surface area contributed by atoms with Gasteiger partial charge in [-0.3, -0.25) is 9.80 Å². The highest BCUT2D eigenvalue weighted by atomic mass is 16.4. The van der Waals surface area contributed by atoms with Gasteiger partial charge < -0.3 is 5.11 Å². The number of likely N-dealkylation sites (N-methyl/N-ethyl adjacent to an activating group) is 1. The van der Waals surface area contributed by atoms with Gasteiger partial charge in [0.25, 0.3) is 0 Å². The molecule has 2 rings (SSSR count). The predicted octanol–water partition coefficient (Wildman–Crippen LogP) is 2.30. The van der Waals surface area contributed by atoms with E-state index in [-0.39, 0.29) is 0 Å². The Kier molecular flexibility index (Phi) is 5.15. The summed E-state index contributed by atoms with van der Waals surface area (Å²) in [6, 6.07) is 7.90. The molecule has 4 nitrogen and oxygen atoms in total. The van der Waals surface area contributed by atoms with E-state index in [1.807, 2.05) is 12.1 Å². The molecule has 1 aromatic carbocycles. The Morgan fingerprint density at radius 3 is 2.50 bits per heavy atom. The van der Waals surface area contributed by atoms with Crippen LogP contribution in [-0.2, 0) is 6.54 Å². The standard InChI is InChI=1S/C16H24N2O2/c1-3-18(4-2)15-9-10-17(12-15)11-13-5-7-14(8-6-13)16(19)20/h5-8,15H,3-4,9-12H2,1-2H3,(H,19,20)/t15-/m1/s1. The van der Waals surface area contributed by atoms with Gasteiger partial charge in [-0.05, 0) is 37.2 Å². The SMILES string of the molecule is CCN(CC)[C@@H]1CCN(Cc2ccc(C(=O)O)cc2)C1. The van der Waals surface area contributed by atoms with Crippen LogP contribution in [-0.4, -0.2) is 53.1 Å². The van der Waals surface area contributed by atoms with E-state index >= 15 is 0 Å². The van der Waals surface area contributed by atoms with E-state index in [1.54, 1.807) is 12.1 Å². The van der Waals surface area contributed by atoms with Gasteiger partial charge in [-0.1, -0.05) is 26.0 Å². The van der Waals surface area contributed by atoms with Gasteiger partial charge in [0.05, 0.1) is 5.56 Å². The van der Waals surface area contributed by atoms with Crippen molar-refractivity contribution in [2.24, 2.45) is 0 Å². The smallest absolute Gasteiger partial charge is 0.335 e. The maximum absolute atomic E-state index is 10.8. The number of aromatic carboxylic acids is 1. The maximum atomic E-state index is 10.8. The zero-order valence-electron chi connectivity index (χ0n) is 12.4. The lowest BCUT2D eigenvalue weighted by Crippen LogP contribution is -2.37. The van der Waals surface area contributed by atoms with E-state index < -0.39 is 5.97 Å². The molecule has 0 aromatic heterocycles. The maximum Gasteiger partial charge on any atom is 0.335 e. The Labute approximate surface area is 121 Å². The van der Waals surface area contributed by atoms with E-state index in [2.05, 4.69) is 23.6 Å². The van der Waals surface area contributed by atoms with Crippen LogP contribution >= 0.6 is 0 Å². The molecule has 1 fully saturated rings. The Hall–Kier alpha value is -1.39. The second-order valence-corrected chi connectivity index (χ2v) is 5.40. The molecule has 0 bridgehead atoms. The molecule has 1 N–H and O–H groups in total. The van der Waals surface area contributed by atoms with Crippen molar-refractivity contribution >= 4 is 5.97 Å². The lowest BCUT2D eigenvalue weighted by Gasteiger charge is -2.26. The zero-order chi connectivity index (χ0) is 14.5. The van der Waals surface area contributed by atoms with Crippen LogP contribution in [0.25, 0.3) is 0 Å². The third kappa shape index (κ3) is 3.58. The van der Waals surface area contributed by atoms with Gasteiger partial charge in [-0.15, -0.1) is 0 Å². The minimum atomic E-state index is -0.862. The van der Waals surface area contributed by atoms with Crippen LogP contribution in [0.4, 0.5) is 0 Å². The van der Waals surface area contributed by atoms with Crippen molar-refractivity contribution in [3.63, 3.8) is 0 Å². The summed E-state index contributed by atoms with van der Waals surface area (Å²) in [4.78, 5) is 15.8. The summed E-state index contributed by atoms with van der Waals surface area (Å²) < 4.78 is 0. The van der Waals surface area contributed by atoms with Crippen molar-refractivity contribution in [2.75, 3.05) is 26.2 Å². The van der Waals surface area contributed by atoms with Gasteiger partial charge in [-0.2, -0.15) is 0 Å². The molecule has 0 saturated carbocycles. The van der Waals surface area contributed by atoms with Crippen molar-refractivity contribution in [3.8, 4) is 0 Å². The lowest BCUT2D eigenvalue weighted by atomic mass is 10.1. The Balaban J connectivity index is 1.90. The summed E-state index contributed by atoms with van der Waals surface area (Å²) in [6.45, 7) is 9.82. The molecule has 20 heavy (non-hydrogen) atoms. The molecule has 1 saturated heterocycles. The van der Waals surface area contributed by atoms with E-state index in [0.29, 0.717) is 11.6 Å². The van der Waals surface area contributed by atoms with Crippen molar-refractivity contribution in [2.45, 2.75) is 32.9 Å². The van der Waals surface area contributed by atoms with E-state index in [9.17, 15) is 4.79 Å². The largest absolute Gasteiger partial charge is 0.478 e. The number of carboxylic acid groups (broad SMARTS) is 1. The minimum Gasteiger partial charge on any atom is -0.478 e. The topological polar surface area (TPSA) is 43.8 Å². The second-order valence-electron chi connectivity index (χ2n) is 5.40. The van der Waals surface area contributed by atoms with Gasteiger partial charge in [0.2, 0.25) is 0 Å². The summed E-state index contributed by atoms with van der Waals surface area (Å²) in [5, 5.41) is 8.89. The summed E-state index contributed by atoms with van der Waals surface area (Å²) in [6.07, 6.45) is 1.23. The number of benzene rings is 1. The van der Waals surface area contributed by atoms with E-state index in [4.69, 9.17) is 5.11 Å². The number of nitrogens with zero attached hydrogens (tertiary/aromatic N) is 2. The molecule has 0 unspecified atom stereocenters. The van der Waals surface area contributed by atoms with Crippen LogP contribution in [0.5, 0.6) is 0 Å². The first-order chi connectivity index (χ1) is 9.63. The monoisotopic (exact) mass is 276 g/mol. The first kappa shape index (κ1) is 15.0. The van der Waals surface area contributed by atoms with Crippen LogP contribution in [0.2, 0.25) is 0 Å². The molecule has 1 aromatic rings. The highest BCUT2D eigenvalue weighted by molar-refractivity contribution is 5.87. The molecular formula is C16H24N2O2. The van der Waals surface area contributed by atoms with Crippen LogP contribution in [0.1, 0.15) is 36.2 Å². The molecule has 4 heteroatoms. The van der Waals surface area contributed by atoms with Gasteiger partial charge in [0.15, 0.2) is 0 Å². The van der Waals surface area contributed by atoms with Crippen molar-refractivity contribution in [3.05, 3.63) is 35.4 Å². The molecule has 0 spiro atoms. The number of carbonyl (C=O) groups is 1. The summed E-state index contributed by atoms with van der Waals surface area (Å²) in [5.74, 6) is -0.862. The summed E-state index contributed by atoms with van der Waals surface area (Å²) in [7, 11) is 0. The molecule has 110 valence electrons. The fraction of sp³-hybridized carbons (Fsp3) is 0.562. The minimum absolute atomic E-state index is 0.358. The molecule has 0 aliphatic carbocycles. The fourth-order valence-electron chi connectivity index (χ4n) is 3.00. The highest BCUT2D eigenvalue weighted by Crippen LogP contribution is 2.18. The van der Waals surface area contributed by atoms with Crippen molar-refractivity contribution < 1.29 is 9.90 Å². The first-order valence-corrected chi connectivity index (χ1v) is 7.42. The Morgan fingerprint density at radius 2 is 1.95 bits per heavy atom. The van der Waals surface area contributed by atoms with E-state index in [1.165, 1.54) is 12.0 Å². The van der Waals surface area contributed by atoms with Crippen LogP contribution in [0.3, 0.4) is 0 Å². The van der Waals surface area contributed by atoms with Crippen molar-refractivity contribution in [1.82, 2.24) is 9.80 Å². The first-order valence-electron chi connectivity index (χ1n) is 7.42. The van der Waals surface area contributed by atoms with Crippen molar-refractivity contribution in [1.29, 1.82) is 0 Å². The number of hydrogen-bond donors (Lipinski definition) is 1. The molecule has 1 heterocycles. The molecule has 1 aliphatic rings. The van der Waals surface area contributed by atoms with Crippen LogP contribution < -0.4 is 0 Å².